The van der Waals surface area contributed by atoms with Crippen molar-refractivity contribution in [1.29, 1.82) is 0 Å². The zero-order chi connectivity index (χ0) is 22.1. The zero-order valence-corrected chi connectivity index (χ0v) is 16.7. The first-order valence-electron chi connectivity index (χ1n) is 9.72. The lowest BCUT2D eigenvalue weighted by atomic mass is 10.1. The van der Waals surface area contributed by atoms with Gasteiger partial charge in [0.15, 0.2) is 0 Å². The van der Waals surface area contributed by atoms with Gasteiger partial charge in [-0.1, -0.05) is 42.5 Å². The molecule has 0 fully saturated rings. The van der Waals surface area contributed by atoms with Crippen LogP contribution in [0, 0.1) is 0 Å². The summed E-state index contributed by atoms with van der Waals surface area (Å²) in [5, 5.41) is 9.86. The van der Waals surface area contributed by atoms with Crippen molar-refractivity contribution in [2.24, 2.45) is 0 Å². The summed E-state index contributed by atoms with van der Waals surface area (Å²) in [5.74, 6) is 0. The van der Waals surface area contributed by atoms with E-state index in [0.29, 0.717) is 25.1 Å². The highest BCUT2D eigenvalue weighted by Crippen LogP contribution is 2.16. The first-order valence-corrected chi connectivity index (χ1v) is 9.72. The molecule has 2 amide bonds. The maximum atomic E-state index is 12.1. The predicted octanol–water partition coefficient (Wildman–Crippen LogP) is 3.99. The quantitative estimate of drug-likeness (QED) is 0.537. The Labute approximate surface area is 178 Å². The number of aromatic nitrogens is 2. The monoisotopic (exact) mass is 432 g/mol. The molecule has 3 rings (SSSR count). The molecule has 2 N–H and O–H groups in total. The van der Waals surface area contributed by atoms with Crippen LogP contribution in [0.1, 0.15) is 16.7 Å². The van der Waals surface area contributed by atoms with E-state index >= 15 is 0 Å². The van der Waals surface area contributed by atoms with Crippen LogP contribution >= 0.6 is 0 Å². The number of alkyl halides is 3. The second-order valence-corrected chi connectivity index (χ2v) is 6.91. The van der Waals surface area contributed by atoms with E-state index in [-0.39, 0.29) is 12.6 Å². The molecule has 0 aliphatic heterocycles. The molecule has 0 saturated heterocycles. The maximum absolute atomic E-state index is 12.1. The summed E-state index contributed by atoms with van der Waals surface area (Å²) in [4.78, 5) is 12.0. The Hall–Kier alpha value is -3.33. The van der Waals surface area contributed by atoms with Gasteiger partial charge in [-0.3, -0.25) is 0 Å². The number of nitrogens with zero attached hydrogens (tertiary/aromatic N) is 2. The molecule has 3 aromatic rings. The van der Waals surface area contributed by atoms with Gasteiger partial charge in [-0.25, -0.2) is 9.48 Å². The Balaban J connectivity index is 1.34. The van der Waals surface area contributed by atoms with Gasteiger partial charge in [0, 0.05) is 19.3 Å². The molecule has 2 aromatic carbocycles. The van der Waals surface area contributed by atoms with E-state index < -0.39 is 12.8 Å². The summed E-state index contributed by atoms with van der Waals surface area (Å²) in [6, 6.07) is 16.3. The van der Waals surface area contributed by atoms with Gasteiger partial charge < -0.3 is 15.4 Å². The normalized spacial score (nSPS) is 11.3. The third-order valence-electron chi connectivity index (χ3n) is 4.37. The topological polar surface area (TPSA) is 68.2 Å². The first-order chi connectivity index (χ1) is 14.9. The highest BCUT2D eigenvalue weighted by atomic mass is 19.4. The fraction of sp³-hybridized carbons (Fsp3) is 0.273. The Kier molecular flexibility index (Phi) is 7.66. The van der Waals surface area contributed by atoms with Gasteiger partial charge >= 0.3 is 12.2 Å². The molecule has 0 atom stereocenters. The zero-order valence-electron chi connectivity index (χ0n) is 16.7. The van der Waals surface area contributed by atoms with Crippen LogP contribution in [0.15, 0.2) is 67.0 Å². The van der Waals surface area contributed by atoms with E-state index in [2.05, 4.69) is 20.5 Å². The molecule has 31 heavy (non-hydrogen) atoms. The average Bonchev–Trinajstić information content (AvgIpc) is 3.22. The predicted molar refractivity (Wildman–Crippen MR) is 110 cm³/mol. The van der Waals surface area contributed by atoms with E-state index in [9.17, 15) is 18.0 Å². The lowest BCUT2D eigenvalue weighted by Gasteiger charge is -2.09. The number of carbonyl (C=O) groups excluding carboxylic acids is 1. The van der Waals surface area contributed by atoms with Crippen molar-refractivity contribution in [2.45, 2.75) is 25.7 Å². The van der Waals surface area contributed by atoms with E-state index in [1.54, 1.807) is 35.1 Å². The Morgan fingerprint density at radius 3 is 2.39 bits per heavy atom. The highest BCUT2D eigenvalue weighted by molar-refractivity contribution is 5.73. The number of benzene rings is 2. The Bertz CT molecular complexity index is 957. The summed E-state index contributed by atoms with van der Waals surface area (Å²) >= 11 is 0. The number of para-hydroxylation sites is 1. The Morgan fingerprint density at radius 1 is 0.968 bits per heavy atom. The van der Waals surface area contributed by atoms with Crippen LogP contribution in [-0.2, 0) is 24.3 Å². The number of ether oxygens (including phenoxy) is 1. The van der Waals surface area contributed by atoms with Crippen molar-refractivity contribution in [2.75, 3.05) is 13.2 Å². The molecule has 0 spiro atoms. The van der Waals surface area contributed by atoms with Crippen LogP contribution in [0.25, 0.3) is 5.69 Å². The lowest BCUT2D eigenvalue weighted by molar-refractivity contribution is -0.176. The van der Waals surface area contributed by atoms with Crippen LogP contribution in [0.4, 0.5) is 18.0 Å². The molecule has 0 radical (unpaired) electrons. The summed E-state index contributed by atoms with van der Waals surface area (Å²) in [5.41, 5.74) is 3.44. The largest absolute Gasteiger partial charge is 0.411 e. The second kappa shape index (κ2) is 10.6. The maximum Gasteiger partial charge on any atom is 0.411 e. The average molecular weight is 432 g/mol. The van der Waals surface area contributed by atoms with Gasteiger partial charge in [0.25, 0.3) is 0 Å². The molecule has 6 nitrogen and oxygen atoms in total. The molecule has 0 saturated carbocycles. The van der Waals surface area contributed by atoms with Gasteiger partial charge in [-0.15, -0.1) is 0 Å². The first kappa shape index (κ1) is 22.4. The SMILES string of the molecule is O=C(NCCc1cnn(-c2ccccc2)c1)NCc1ccc(COCC(F)(F)F)cc1. The lowest BCUT2D eigenvalue weighted by Crippen LogP contribution is -2.36. The van der Waals surface area contributed by atoms with Crippen LogP contribution in [0.5, 0.6) is 0 Å². The van der Waals surface area contributed by atoms with Gasteiger partial charge in [0.05, 0.1) is 18.5 Å². The molecular formula is C22H23F3N4O2. The summed E-state index contributed by atoms with van der Waals surface area (Å²) in [6.07, 6.45) is 0.00788. The standard InChI is InChI=1S/C22H23F3N4O2/c23-22(24,25)16-31-15-18-8-6-17(7-9-18)12-27-21(30)26-11-10-19-13-28-29(14-19)20-4-2-1-3-5-20/h1-9,13-14H,10-12,15-16H2,(H2,26,27,30). The van der Waals surface area contributed by atoms with Crippen molar-refractivity contribution in [3.05, 3.63) is 83.7 Å². The molecular weight excluding hydrogens is 409 g/mol. The van der Waals surface area contributed by atoms with Crippen LogP contribution < -0.4 is 10.6 Å². The minimum Gasteiger partial charge on any atom is -0.367 e. The molecule has 0 aliphatic rings. The fourth-order valence-electron chi connectivity index (χ4n) is 2.81. The number of hydrogen-bond donors (Lipinski definition) is 2. The van der Waals surface area contributed by atoms with Crippen LogP contribution in [-0.4, -0.2) is 35.1 Å². The van der Waals surface area contributed by atoms with Gasteiger partial charge in [-0.2, -0.15) is 18.3 Å². The summed E-state index contributed by atoms with van der Waals surface area (Å²) in [6.45, 7) is -0.624. The third-order valence-corrected chi connectivity index (χ3v) is 4.37. The van der Waals surface area contributed by atoms with Gasteiger partial charge in [-0.05, 0) is 35.2 Å². The molecule has 164 valence electrons. The summed E-state index contributed by atoms with van der Waals surface area (Å²) < 4.78 is 42.6. The Morgan fingerprint density at radius 2 is 1.68 bits per heavy atom. The molecule has 0 bridgehead atoms. The second-order valence-electron chi connectivity index (χ2n) is 6.91. The smallest absolute Gasteiger partial charge is 0.367 e. The number of nitrogens with one attached hydrogen (secondary N) is 2. The van der Waals surface area contributed by atoms with Crippen molar-refractivity contribution < 1.29 is 22.7 Å². The molecule has 1 heterocycles. The van der Waals surface area contributed by atoms with Gasteiger partial charge in [0.2, 0.25) is 0 Å². The summed E-state index contributed by atoms with van der Waals surface area (Å²) in [7, 11) is 0. The fourth-order valence-corrected chi connectivity index (χ4v) is 2.81. The van der Waals surface area contributed by atoms with Crippen LogP contribution in [0.3, 0.4) is 0 Å². The van der Waals surface area contributed by atoms with Crippen LogP contribution in [0.2, 0.25) is 0 Å². The highest BCUT2D eigenvalue weighted by Gasteiger charge is 2.27. The van der Waals surface area contributed by atoms with E-state index in [1.807, 2.05) is 36.5 Å². The molecule has 0 unspecified atom stereocenters. The van der Waals surface area contributed by atoms with Crippen molar-refractivity contribution in [1.82, 2.24) is 20.4 Å². The number of urea groups is 1. The minimum atomic E-state index is -4.33. The molecule has 0 aliphatic carbocycles. The van der Waals surface area contributed by atoms with E-state index in [4.69, 9.17) is 0 Å². The van der Waals surface area contributed by atoms with Crippen molar-refractivity contribution in [3.8, 4) is 5.69 Å². The third kappa shape index (κ3) is 7.78. The van der Waals surface area contributed by atoms with E-state index in [0.717, 1.165) is 16.8 Å². The minimum absolute atomic E-state index is 0.117. The number of carbonyl (C=O) groups is 1. The van der Waals surface area contributed by atoms with E-state index in [1.165, 1.54) is 0 Å². The molecule has 9 heteroatoms. The van der Waals surface area contributed by atoms with Crippen molar-refractivity contribution in [3.63, 3.8) is 0 Å². The molecule has 1 aromatic heterocycles. The number of rotatable bonds is 9. The van der Waals surface area contributed by atoms with Crippen molar-refractivity contribution >= 4 is 6.03 Å². The van der Waals surface area contributed by atoms with Gasteiger partial charge in [0.1, 0.15) is 6.61 Å². The number of halogens is 3. The number of hydrogen-bond acceptors (Lipinski definition) is 3. The number of amides is 2.